The Morgan fingerprint density at radius 3 is 3.00 bits per heavy atom. The first-order chi connectivity index (χ1) is 9.49. The minimum absolute atomic E-state index is 0.0406. The first kappa shape index (κ1) is 15.3. The van der Waals surface area contributed by atoms with Gasteiger partial charge in [0.05, 0.1) is 17.0 Å². The van der Waals surface area contributed by atoms with E-state index in [0.717, 1.165) is 9.35 Å². The van der Waals surface area contributed by atoms with Gasteiger partial charge in [-0.25, -0.2) is 9.59 Å². The van der Waals surface area contributed by atoms with E-state index in [4.69, 9.17) is 9.84 Å². The molecule has 2 heterocycles. The number of carbonyl (C=O) groups excluding carboxylic acids is 1. The molecule has 1 saturated heterocycles. The summed E-state index contributed by atoms with van der Waals surface area (Å²) in [4.78, 5) is 26.4. The Hall–Kier alpha value is -1.12. The average Bonchev–Trinajstić information content (AvgIpc) is 2.83. The van der Waals surface area contributed by atoms with Crippen molar-refractivity contribution in [3.05, 3.63) is 20.8 Å². The summed E-state index contributed by atoms with van der Waals surface area (Å²) >= 11 is 4.92. The molecule has 0 saturated carbocycles. The van der Waals surface area contributed by atoms with E-state index in [0.29, 0.717) is 19.7 Å². The van der Waals surface area contributed by atoms with Crippen molar-refractivity contribution in [3.63, 3.8) is 0 Å². The molecule has 2 amide bonds. The van der Waals surface area contributed by atoms with E-state index < -0.39 is 12.0 Å². The minimum atomic E-state index is -1.04. The summed E-state index contributed by atoms with van der Waals surface area (Å²) in [6.07, 6.45) is 0. The van der Waals surface area contributed by atoms with E-state index in [1.807, 2.05) is 11.4 Å². The van der Waals surface area contributed by atoms with Gasteiger partial charge in [0.2, 0.25) is 0 Å². The Bertz CT molecular complexity index is 507. The molecule has 0 aromatic carbocycles. The summed E-state index contributed by atoms with van der Waals surface area (Å²) in [5.74, 6) is -1.04. The number of thiophene rings is 1. The Morgan fingerprint density at radius 1 is 1.65 bits per heavy atom. The lowest BCUT2D eigenvalue weighted by atomic mass is 10.2. The van der Waals surface area contributed by atoms with E-state index in [2.05, 4.69) is 15.9 Å². The van der Waals surface area contributed by atoms with Crippen LogP contribution in [-0.2, 0) is 16.1 Å². The first-order valence-electron chi connectivity index (χ1n) is 6.04. The van der Waals surface area contributed by atoms with E-state index in [9.17, 15) is 9.59 Å². The van der Waals surface area contributed by atoms with Crippen LogP contribution in [-0.4, -0.2) is 59.8 Å². The third-order valence-electron chi connectivity index (χ3n) is 3.03. The summed E-state index contributed by atoms with van der Waals surface area (Å²) in [6, 6.07) is 0.749. The highest BCUT2D eigenvalue weighted by atomic mass is 79.9. The minimum Gasteiger partial charge on any atom is -0.480 e. The number of hydrogen-bond donors (Lipinski definition) is 1. The number of nitrogens with zero attached hydrogens (tertiary/aromatic N) is 2. The number of amides is 2. The van der Waals surface area contributed by atoms with E-state index in [-0.39, 0.29) is 12.6 Å². The van der Waals surface area contributed by atoms with Crippen molar-refractivity contribution in [2.24, 2.45) is 0 Å². The highest BCUT2D eigenvalue weighted by Gasteiger charge is 2.34. The zero-order valence-corrected chi connectivity index (χ0v) is 13.3. The smallest absolute Gasteiger partial charge is 0.328 e. The molecule has 2 rings (SSSR count). The van der Waals surface area contributed by atoms with Crippen molar-refractivity contribution in [2.75, 3.05) is 26.8 Å². The molecule has 1 aliphatic heterocycles. The second-order valence-corrected chi connectivity index (χ2v) is 6.81. The van der Waals surface area contributed by atoms with Crippen LogP contribution in [0.3, 0.4) is 0 Å². The molecule has 1 N–H and O–H groups in total. The van der Waals surface area contributed by atoms with Crippen LogP contribution in [0.2, 0.25) is 0 Å². The number of carboxylic acid groups (broad SMARTS) is 1. The number of ether oxygens (including phenoxy) is 1. The molecular formula is C12H15BrN2O4S. The van der Waals surface area contributed by atoms with Gasteiger partial charge in [-0.3, -0.25) is 0 Å². The van der Waals surface area contributed by atoms with Crippen LogP contribution in [0, 0.1) is 0 Å². The van der Waals surface area contributed by atoms with E-state index in [1.54, 1.807) is 18.4 Å². The molecule has 6 nitrogen and oxygen atoms in total. The second-order valence-electron chi connectivity index (χ2n) is 4.52. The lowest BCUT2D eigenvalue weighted by Gasteiger charge is -2.35. The fraction of sp³-hybridized carbons (Fsp3) is 0.500. The van der Waals surface area contributed by atoms with Crippen molar-refractivity contribution >= 4 is 39.3 Å². The third-order valence-corrected chi connectivity index (χ3v) is 4.58. The van der Waals surface area contributed by atoms with Gasteiger partial charge in [-0.2, -0.15) is 0 Å². The molecule has 1 aliphatic rings. The molecule has 1 atom stereocenters. The van der Waals surface area contributed by atoms with Crippen molar-refractivity contribution < 1.29 is 19.4 Å². The predicted molar refractivity (Wildman–Crippen MR) is 77.8 cm³/mol. The van der Waals surface area contributed by atoms with Gasteiger partial charge < -0.3 is 19.6 Å². The third kappa shape index (κ3) is 3.50. The van der Waals surface area contributed by atoms with Crippen LogP contribution in [0.1, 0.15) is 5.56 Å². The summed E-state index contributed by atoms with van der Waals surface area (Å²) in [6.45, 7) is 1.16. The van der Waals surface area contributed by atoms with Gasteiger partial charge in [-0.15, -0.1) is 11.3 Å². The zero-order chi connectivity index (χ0) is 14.7. The molecule has 110 valence electrons. The van der Waals surface area contributed by atoms with Crippen LogP contribution in [0.4, 0.5) is 4.79 Å². The number of carbonyl (C=O) groups is 2. The number of halogens is 1. The van der Waals surface area contributed by atoms with Gasteiger partial charge in [-0.05, 0) is 32.9 Å². The van der Waals surface area contributed by atoms with Crippen molar-refractivity contribution in [2.45, 2.75) is 12.6 Å². The molecule has 8 heteroatoms. The lowest BCUT2D eigenvalue weighted by molar-refractivity contribution is -0.147. The normalized spacial score (nSPS) is 18.9. The van der Waals surface area contributed by atoms with Crippen molar-refractivity contribution in [1.82, 2.24) is 9.80 Å². The highest BCUT2D eigenvalue weighted by molar-refractivity contribution is 9.11. The van der Waals surface area contributed by atoms with Gasteiger partial charge in [0, 0.05) is 20.1 Å². The van der Waals surface area contributed by atoms with Crippen LogP contribution >= 0.6 is 27.3 Å². The molecule has 0 bridgehead atoms. The molecule has 1 unspecified atom stereocenters. The SMILES string of the molecule is CN(Cc1csc(Br)c1)C(=O)N1CCOCC1C(=O)O. The predicted octanol–water partition coefficient (Wildman–Crippen LogP) is 1.85. The Balaban J connectivity index is 2.02. The summed E-state index contributed by atoms with van der Waals surface area (Å²) < 4.78 is 6.13. The van der Waals surface area contributed by atoms with Gasteiger partial charge in [0.15, 0.2) is 6.04 Å². The standard InChI is InChI=1S/C12H15BrN2O4S/c1-14(5-8-4-10(13)20-7-8)12(18)15-2-3-19-6-9(15)11(16)17/h4,7,9H,2-3,5-6H2,1H3,(H,16,17). The van der Waals surface area contributed by atoms with Crippen LogP contribution in [0.5, 0.6) is 0 Å². The Kier molecular flexibility index (Phi) is 5.00. The van der Waals surface area contributed by atoms with Crippen molar-refractivity contribution in [1.29, 1.82) is 0 Å². The molecule has 1 aromatic rings. The molecule has 0 radical (unpaired) electrons. The molecule has 1 aromatic heterocycles. The topological polar surface area (TPSA) is 70.1 Å². The fourth-order valence-corrected chi connectivity index (χ4v) is 3.23. The maximum Gasteiger partial charge on any atom is 0.328 e. The maximum absolute atomic E-state index is 12.3. The maximum atomic E-state index is 12.3. The molecule has 1 fully saturated rings. The first-order valence-corrected chi connectivity index (χ1v) is 7.71. The van der Waals surface area contributed by atoms with Crippen LogP contribution in [0.15, 0.2) is 15.2 Å². The Labute approximate surface area is 129 Å². The largest absolute Gasteiger partial charge is 0.480 e. The number of carboxylic acids is 1. The highest BCUT2D eigenvalue weighted by Crippen LogP contribution is 2.22. The number of aliphatic carboxylic acids is 1. The molecule has 0 aliphatic carbocycles. The monoisotopic (exact) mass is 362 g/mol. The zero-order valence-electron chi connectivity index (χ0n) is 10.9. The van der Waals surface area contributed by atoms with Gasteiger partial charge in [0.25, 0.3) is 0 Å². The molecule has 20 heavy (non-hydrogen) atoms. The van der Waals surface area contributed by atoms with Gasteiger partial charge in [-0.1, -0.05) is 0 Å². The number of urea groups is 1. The molecule has 0 spiro atoms. The number of hydrogen-bond acceptors (Lipinski definition) is 4. The van der Waals surface area contributed by atoms with E-state index in [1.165, 1.54) is 9.80 Å². The van der Waals surface area contributed by atoms with E-state index >= 15 is 0 Å². The summed E-state index contributed by atoms with van der Waals surface area (Å²) in [5, 5.41) is 11.1. The van der Waals surface area contributed by atoms with Gasteiger partial charge in [0.1, 0.15) is 0 Å². The average molecular weight is 363 g/mol. The Morgan fingerprint density at radius 2 is 2.40 bits per heavy atom. The number of rotatable bonds is 3. The van der Waals surface area contributed by atoms with Crippen molar-refractivity contribution in [3.8, 4) is 0 Å². The van der Waals surface area contributed by atoms with Crippen LogP contribution in [0.25, 0.3) is 0 Å². The van der Waals surface area contributed by atoms with Crippen LogP contribution < -0.4 is 0 Å². The van der Waals surface area contributed by atoms with Gasteiger partial charge >= 0.3 is 12.0 Å². The molecular weight excluding hydrogens is 348 g/mol. The summed E-state index contributed by atoms with van der Waals surface area (Å²) in [5.41, 5.74) is 1.01. The lowest BCUT2D eigenvalue weighted by Crippen LogP contribution is -2.55. The quantitative estimate of drug-likeness (QED) is 0.890. The fourth-order valence-electron chi connectivity index (χ4n) is 2.03. The second kappa shape index (κ2) is 6.55. The summed E-state index contributed by atoms with van der Waals surface area (Å²) in [7, 11) is 1.67. The number of morpholine rings is 1.